The first-order valence-electron chi connectivity index (χ1n) is 4.25. The summed E-state index contributed by atoms with van der Waals surface area (Å²) in [4.78, 5) is 2.61. The maximum atomic E-state index is 8.81. The fraction of sp³-hybridized carbons (Fsp3) is 0.100. The van der Waals surface area contributed by atoms with Gasteiger partial charge >= 0.3 is 0 Å². The first-order chi connectivity index (χ1) is 7.27. The summed E-state index contributed by atoms with van der Waals surface area (Å²) in [5.41, 5.74) is 15.5. The Hall–Kier alpha value is -2.44. The van der Waals surface area contributed by atoms with Crippen LogP contribution in [0.15, 0.2) is 29.4 Å². The van der Waals surface area contributed by atoms with E-state index in [1.807, 2.05) is 0 Å². The Bertz CT molecular complexity index is 463. The third kappa shape index (κ3) is 3.07. The van der Waals surface area contributed by atoms with Crippen molar-refractivity contribution in [2.45, 2.75) is 0 Å². The molecule has 0 spiro atoms. The van der Waals surface area contributed by atoms with Crippen LogP contribution in [-0.4, -0.2) is 6.54 Å². The summed E-state index contributed by atoms with van der Waals surface area (Å²) in [5.74, 6) is 0. The highest BCUT2D eigenvalue weighted by atomic mass is 15.1. The molecule has 2 N–H and O–H groups in total. The second kappa shape index (κ2) is 5.32. The zero-order valence-corrected chi connectivity index (χ0v) is 7.96. The first kappa shape index (κ1) is 10.6. The van der Waals surface area contributed by atoms with Gasteiger partial charge in [0.1, 0.15) is 0 Å². The number of anilines is 1. The second-order valence-corrected chi connectivity index (χ2v) is 2.77. The summed E-state index contributed by atoms with van der Waals surface area (Å²) in [6.07, 6.45) is 3.39. The Morgan fingerprint density at radius 1 is 1.60 bits per heavy atom. The van der Waals surface area contributed by atoms with E-state index in [-0.39, 0.29) is 6.54 Å². The summed E-state index contributed by atoms with van der Waals surface area (Å²) in [6.45, 7) is 0.260. The average molecular weight is 199 g/mol. The lowest BCUT2D eigenvalue weighted by Crippen LogP contribution is -1.88. The number of hydrogen-bond acceptors (Lipinski definition) is 3. The third-order valence-corrected chi connectivity index (χ3v) is 1.74. The molecule has 0 atom stereocenters. The highest BCUT2D eigenvalue weighted by Gasteiger charge is 1.97. The van der Waals surface area contributed by atoms with Crippen molar-refractivity contribution < 1.29 is 0 Å². The van der Waals surface area contributed by atoms with E-state index in [1.165, 1.54) is 0 Å². The molecule has 0 radical (unpaired) electrons. The van der Waals surface area contributed by atoms with Crippen molar-refractivity contribution in [3.63, 3.8) is 0 Å². The molecule has 0 aromatic heterocycles. The predicted octanol–water partition coefficient (Wildman–Crippen LogP) is 2.46. The predicted molar refractivity (Wildman–Crippen MR) is 58.6 cm³/mol. The molecule has 0 amide bonds. The van der Waals surface area contributed by atoms with Crippen molar-refractivity contribution >= 4 is 11.8 Å². The Kier molecular flexibility index (Phi) is 3.78. The molecule has 1 rings (SSSR count). The molecule has 0 aliphatic heterocycles. The maximum Gasteiger partial charge on any atom is 0.0997 e. The smallest absolute Gasteiger partial charge is 0.0997 e. The molecule has 74 valence electrons. The molecule has 15 heavy (non-hydrogen) atoms. The van der Waals surface area contributed by atoms with Crippen LogP contribution in [0.2, 0.25) is 0 Å². The highest BCUT2D eigenvalue weighted by Crippen LogP contribution is 2.14. The molecule has 5 nitrogen and oxygen atoms in total. The van der Waals surface area contributed by atoms with Crippen molar-refractivity contribution in [2.75, 3.05) is 12.3 Å². The molecule has 1 aromatic rings. The van der Waals surface area contributed by atoms with Gasteiger partial charge in [0.25, 0.3) is 0 Å². The maximum absolute atomic E-state index is 8.81. The van der Waals surface area contributed by atoms with Gasteiger partial charge in [-0.15, -0.1) is 0 Å². The fourth-order valence-corrected chi connectivity index (χ4v) is 1.08. The van der Waals surface area contributed by atoms with Gasteiger partial charge in [0, 0.05) is 17.1 Å². The van der Waals surface area contributed by atoms with Gasteiger partial charge in [0.2, 0.25) is 0 Å². The van der Waals surface area contributed by atoms with Crippen LogP contribution in [0.1, 0.15) is 11.1 Å². The van der Waals surface area contributed by atoms with Gasteiger partial charge in [-0.25, -0.2) is 0 Å². The van der Waals surface area contributed by atoms with E-state index in [1.54, 1.807) is 30.4 Å². The number of nitrogens with two attached hydrogens (primary N) is 1. The van der Waals surface area contributed by atoms with Crippen LogP contribution in [0, 0.1) is 11.3 Å². The van der Waals surface area contributed by atoms with Gasteiger partial charge in [-0.1, -0.05) is 17.3 Å². The lowest BCUT2D eigenvalue weighted by atomic mass is 10.1. The van der Waals surface area contributed by atoms with Crippen molar-refractivity contribution in [1.29, 1.82) is 5.26 Å². The van der Waals surface area contributed by atoms with Gasteiger partial charge in [0.05, 0.1) is 11.6 Å². The van der Waals surface area contributed by atoms with Crippen molar-refractivity contribution in [3.05, 3.63) is 45.8 Å². The van der Waals surface area contributed by atoms with E-state index >= 15 is 0 Å². The van der Waals surface area contributed by atoms with E-state index in [0.717, 1.165) is 5.56 Å². The first-order valence-corrected chi connectivity index (χ1v) is 4.25. The Morgan fingerprint density at radius 3 is 3.07 bits per heavy atom. The molecule has 1 aromatic carbocycles. The van der Waals surface area contributed by atoms with Crippen molar-refractivity contribution in [3.8, 4) is 6.07 Å². The topological polar surface area (TPSA) is 98.6 Å². The highest BCUT2D eigenvalue weighted by molar-refractivity contribution is 5.62. The minimum atomic E-state index is 0.260. The number of nitrogen functional groups attached to an aromatic ring is 1. The third-order valence-electron chi connectivity index (χ3n) is 1.74. The minimum absolute atomic E-state index is 0.260. The Balaban J connectivity index is 2.93. The van der Waals surface area contributed by atoms with Crippen LogP contribution >= 0.6 is 0 Å². The molecule has 0 unspecified atom stereocenters. The van der Waals surface area contributed by atoms with Gasteiger partial charge in [-0.05, 0) is 29.3 Å². The molecule has 0 fully saturated rings. The number of nitrogens with zero attached hydrogens (tertiary/aromatic N) is 4. The van der Waals surface area contributed by atoms with Crippen molar-refractivity contribution in [2.24, 2.45) is 5.11 Å². The Labute approximate surface area is 87.1 Å². The zero-order chi connectivity index (χ0) is 11.1. The summed E-state index contributed by atoms with van der Waals surface area (Å²) < 4.78 is 0. The van der Waals surface area contributed by atoms with Gasteiger partial charge in [-0.3, -0.25) is 0 Å². The fourth-order valence-electron chi connectivity index (χ4n) is 1.08. The van der Waals surface area contributed by atoms with Crippen LogP contribution < -0.4 is 5.73 Å². The monoisotopic (exact) mass is 199 g/mol. The van der Waals surface area contributed by atoms with Crippen LogP contribution in [0.4, 0.5) is 5.69 Å². The summed E-state index contributed by atoms with van der Waals surface area (Å²) in [6, 6.07) is 7.08. The van der Waals surface area contributed by atoms with Crippen LogP contribution in [0.3, 0.4) is 0 Å². The number of rotatable bonds is 3. The SMILES string of the molecule is N#Cc1ccc(N)cc1C=CCN=[N+]=[N-]. The summed E-state index contributed by atoms with van der Waals surface area (Å²) in [5, 5.41) is 12.1. The number of benzene rings is 1. The number of hydrogen-bond donors (Lipinski definition) is 1. The van der Waals surface area contributed by atoms with Crippen molar-refractivity contribution in [1.82, 2.24) is 0 Å². The lowest BCUT2D eigenvalue weighted by Gasteiger charge is -1.98. The molecule has 0 saturated heterocycles. The van der Waals surface area contributed by atoms with Gasteiger partial charge in [-0.2, -0.15) is 5.26 Å². The Morgan fingerprint density at radius 2 is 2.40 bits per heavy atom. The summed E-state index contributed by atoms with van der Waals surface area (Å²) >= 11 is 0. The van der Waals surface area contributed by atoms with E-state index in [0.29, 0.717) is 11.3 Å². The van der Waals surface area contributed by atoms with Crippen LogP contribution in [0.25, 0.3) is 16.5 Å². The van der Waals surface area contributed by atoms with E-state index in [2.05, 4.69) is 16.1 Å². The molecule has 0 bridgehead atoms. The van der Waals surface area contributed by atoms with Gasteiger partial charge < -0.3 is 5.73 Å². The molecule has 0 saturated carbocycles. The van der Waals surface area contributed by atoms with Gasteiger partial charge in [0.15, 0.2) is 0 Å². The standard InChI is InChI=1S/C10H9N5/c11-7-9-3-4-10(12)6-8(9)2-1-5-14-15-13/h1-4,6H,5,12H2. The lowest BCUT2D eigenvalue weighted by molar-refractivity contribution is 1.22. The largest absolute Gasteiger partial charge is 0.399 e. The molecule has 0 aliphatic carbocycles. The normalized spacial score (nSPS) is 9.53. The zero-order valence-electron chi connectivity index (χ0n) is 7.96. The van der Waals surface area contributed by atoms with Crippen LogP contribution in [-0.2, 0) is 0 Å². The average Bonchev–Trinajstić information content (AvgIpc) is 2.25. The molecule has 0 heterocycles. The van der Waals surface area contributed by atoms with E-state index in [4.69, 9.17) is 16.5 Å². The number of azide groups is 1. The van der Waals surface area contributed by atoms with Crippen LogP contribution in [0.5, 0.6) is 0 Å². The minimum Gasteiger partial charge on any atom is -0.399 e. The molecular weight excluding hydrogens is 190 g/mol. The molecular formula is C10H9N5. The molecule has 0 aliphatic rings. The van der Waals surface area contributed by atoms with E-state index < -0.39 is 0 Å². The van der Waals surface area contributed by atoms with E-state index in [9.17, 15) is 0 Å². The number of nitriles is 1. The second-order valence-electron chi connectivity index (χ2n) is 2.77. The summed E-state index contributed by atoms with van der Waals surface area (Å²) in [7, 11) is 0. The quantitative estimate of drug-likeness (QED) is 0.350. The molecule has 5 heteroatoms.